The number of esters is 1. The van der Waals surface area contributed by atoms with Gasteiger partial charge in [-0.15, -0.1) is 0 Å². The molecule has 1 amide bonds. The molecule has 262 valence electrons. The highest BCUT2D eigenvalue weighted by molar-refractivity contribution is 5.93. The molecule has 2 N–H and O–H groups in total. The van der Waals surface area contributed by atoms with E-state index in [0.717, 1.165) is 64.6 Å². The molecule has 7 nitrogen and oxygen atoms in total. The van der Waals surface area contributed by atoms with Crippen molar-refractivity contribution in [1.29, 1.82) is 0 Å². The molecule has 49 heavy (non-hydrogen) atoms. The zero-order chi connectivity index (χ0) is 34.8. The highest BCUT2D eigenvalue weighted by Gasteiger charge is 2.29. The molecule has 1 atom stereocenters. The summed E-state index contributed by atoms with van der Waals surface area (Å²) in [6.07, 6.45) is 11.7. The fourth-order valence-electron chi connectivity index (χ4n) is 7.44. The quantitative estimate of drug-likeness (QED) is 0.124. The molecule has 3 aromatic carbocycles. The molecule has 1 saturated carbocycles. The number of carboxylic acid groups (broad SMARTS) is 1. The van der Waals surface area contributed by atoms with Crippen molar-refractivity contribution in [2.45, 2.75) is 128 Å². The molecular formula is C42H53NO6. The summed E-state index contributed by atoms with van der Waals surface area (Å²) in [5.74, 6) is 0.731. The van der Waals surface area contributed by atoms with Gasteiger partial charge in [0.05, 0.1) is 12.8 Å². The minimum Gasteiger partial charge on any atom is -0.481 e. The largest absolute Gasteiger partial charge is 0.481 e. The van der Waals surface area contributed by atoms with Gasteiger partial charge >= 0.3 is 11.9 Å². The van der Waals surface area contributed by atoms with Crippen LogP contribution in [0.25, 0.3) is 0 Å². The molecule has 0 bridgehead atoms. The molecule has 3 aromatic rings. The first-order valence-corrected chi connectivity index (χ1v) is 18.3. The number of ether oxygens (including phenoxy) is 2. The van der Waals surface area contributed by atoms with Gasteiger partial charge in [0.2, 0.25) is 5.91 Å². The van der Waals surface area contributed by atoms with E-state index in [0.29, 0.717) is 12.8 Å². The Labute approximate surface area is 291 Å². The lowest BCUT2D eigenvalue weighted by atomic mass is 9.84. The molecule has 1 aliphatic heterocycles. The van der Waals surface area contributed by atoms with Gasteiger partial charge in [-0.25, -0.2) is 0 Å². The molecule has 1 heterocycles. The summed E-state index contributed by atoms with van der Waals surface area (Å²) in [6.45, 7) is 6.42. The Hall–Kier alpha value is -4.13. The lowest BCUT2D eigenvalue weighted by Gasteiger charge is -2.28. The third-order valence-electron chi connectivity index (χ3n) is 10.1. The molecule has 2 aliphatic rings. The van der Waals surface area contributed by atoms with Crippen LogP contribution < -0.4 is 10.1 Å². The smallest absolute Gasteiger partial charge is 0.306 e. The molecule has 7 heteroatoms. The average molecular weight is 668 g/mol. The van der Waals surface area contributed by atoms with Crippen molar-refractivity contribution in [3.8, 4) is 11.5 Å². The molecule has 0 saturated heterocycles. The number of fused-ring (bicyclic) bond motifs is 2. The first kappa shape index (κ1) is 36.2. The van der Waals surface area contributed by atoms with Gasteiger partial charge in [0.15, 0.2) is 0 Å². The normalized spacial score (nSPS) is 15.4. The topological polar surface area (TPSA) is 102 Å². The van der Waals surface area contributed by atoms with Crippen LogP contribution in [0, 0.1) is 5.92 Å². The van der Waals surface area contributed by atoms with Crippen molar-refractivity contribution in [3.05, 3.63) is 89.0 Å². The number of aliphatic carboxylic acids is 1. The molecule has 0 aromatic heterocycles. The van der Waals surface area contributed by atoms with Gasteiger partial charge in [0.25, 0.3) is 0 Å². The summed E-state index contributed by atoms with van der Waals surface area (Å²) in [5.41, 5.74) is 4.72. The zero-order valence-corrected chi connectivity index (χ0v) is 29.5. The molecule has 1 aliphatic carbocycles. The third kappa shape index (κ3) is 10.4. The number of carbonyl (C=O) groups is 3. The Morgan fingerprint density at radius 3 is 2.20 bits per heavy atom. The number of rotatable bonds is 15. The summed E-state index contributed by atoms with van der Waals surface area (Å²) in [7, 11) is 0. The summed E-state index contributed by atoms with van der Waals surface area (Å²) in [5, 5.41) is 12.3. The van der Waals surface area contributed by atoms with Crippen LogP contribution in [0.1, 0.15) is 132 Å². The Morgan fingerprint density at radius 2 is 1.55 bits per heavy atom. The van der Waals surface area contributed by atoms with Crippen molar-refractivity contribution in [2.75, 3.05) is 5.32 Å². The van der Waals surface area contributed by atoms with Gasteiger partial charge in [0.1, 0.15) is 17.6 Å². The van der Waals surface area contributed by atoms with E-state index in [1.165, 1.54) is 38.5 Å². The predicted octanol–water partition coefficient (Wildman–Crippen LogP) is 10.1. The zero-order valence-electron chi connectivity index (χ0n) is 29.5. The minimum atomic E-state index is -1.00. The number of amides is 1. The Bertz CT molecular complexity index is 1540. The van der Waals surface area contributed by atoms with Gasteiger partial charge < -0.3 is 19.9 Å². The number of carboxylic acids is 1. The number of para-hydroxylation sites is 2. The van der Waals surface area contributed by atoms with Crippen molar-refractivity contribution >= 4 is 23.5 Å². The number of anilines is 1. The maximum Gasteiger partial charge on any atom is 0.306 e. The minimum absolute atomic E-state index is 0.0673. The second-order valence-electron chi connectivity index (χ2n) is 14.9. The Kier molecular flexibility index (Phi) is 12.5. The van der Waals surface area contributed by atoms with Crippen molar-refractivity contribution in [3.63, 3.8) is 0 Å². The van der Waals surface area contributed by atoms with E-state index in [9.17, 15) is 14.4 Å². The fraction of sp³-hybridized carbons (Fsp3) is 0.500. The van der Waals surface area contributed by atoms with Crippen LogP contribution in [0.15, 0.2) is 66.7 Å². The van der Waals surface area contributed by atoms with Crippen molar-refractivity contribution < 1.29 is 29.0 Å². The van der Waals surface area contributed by atoms with Crippen LogP contribution in [-0.4, -0.2) is 29.1 Å². The van der Waals surface area contributed by atoms with Crippen molar-refractivity contribution in [2.24, 2.45) is 5.92 Å². The van der Waals surface area contributed by atoms with Crippen LogP contribution in [-0.2, 0) is 31.0 Å². The number of hydrogen-bond acceptors (Lipinski definition) is 5. The van der Waals surface area contributed by atoms with Crippen LogP contribution >= 0.6 is 0 Å². The van der Waals surface area contributed by atoms with Gasteiger partial charge in [-0.2, -0.15) is 0 Å². The highest BCUT2D eigenvalue weighted by Crippen LogP contribution is 2.45. The monoisotopic (exact) mass is 667 g/mol. The summed E-state index contributed by atoms with van der Waals surface area (Å²) < 4.78 is 12.0. The number of aryl methyl sites for hydroxylation is 1. The summed E-state index contributed by atoms with van der Waals surface area (Å²) in [4.78, 5) is 37.4. The van der Waals surface area contributed by atoms with E-state index < -0.39 is 11.9 Å². The number of nitrogens with one attached hydrogen (secondary N) is 1. The third-order valence-corrected chi connectivity index (χ3v) is 10.1. The lowest BCUT2D eigenvalue weighted by Crippen LogP contribution is -2.22. The molecule has 1 unspecified atom stereocenters. The first-order valence-electron chi connectivity index (χ1n) is 18.3. The van der Waals surface area contributed by atoms with E-state index in [1.807, 2.05) is 48.5 Å². The van der Waals surface area contributed by atoms with E-state index >= 15 is 0 Å². The van der Waals surface area contributed by atoms with Crippen LogP contribution in [0.2, 0.25) is 0 Å². The summed E-state index contributed by atoms with van der Waals surface area (Å²) >= 11 is 0. The number of carbonyl (C=O) groups excluding carboxylic acids is 2. The van der Waals surface area contributed by atoms with Crippen LogP contribution in [0.3, 0.4) is 0 Å². The van der Waals surface area contributed by atoms with E-state index in [1.54, 1.807) is 0 Å². The Morgan fingerprint density at radius 1 is 0.878 bits per heavy atom. The molecule has 0 spiro atoms. The molecular weight excluding hydrogens is 614 g/mol. The average Bonchev–Trinajstić information content (AvgIpc) is 3.08. The lowest BCUT2D eigenvalue weighted by molar-refractivity contribution is -0.152. The fourth-order valence-corrected chi connectivity index (χ4v) is 7.44. The van der Waals surface area contributed by atoms with Crippen molar-refractivity contribution in [1.82, 2.24) is 0 Å². The highest BCUT2D eigenvalue weighted by atomic mass is 16.5. The van der Waals surface area contributed by atoms with Gasteiger partial charge in [-0.05, 0) is 66.3 Å². The number of unbranched alkanes of at least 4 members (excludes halogenated alkanes) is 1. The second kappa shape index (κ2) is 17.0. The van der Waals surface area contributed by atoms with E-state index in [2.05, 4.69) is 44.3 Å². The maximum atomic E-state index is 13.8. The second-order valence-corrected chi connectivity index (χ2v) is 14.9. The van der Waals surface area contributed by atoms with Gasteiger partial charge in [-0.1, -0.05) is 114 Å². The SMILES string of the molecule is CC(C)(C)c1ccc(CCC(CCCCC2CCCCC2)OC(=O)CCC(=O)O)cc1NC(=O)CC1c2ccccc2Oc2ccccc21. The predicted molar refractivity (Wildman–Crippen MR) is 193 cm³/mol. The van der Waals surface area contributed by atoms with Crippen LogP contribution in [0.5, 0.6) is 11.5 Å². The molecule has 0 radical (unpaired) electrons. The van der Waals surface area contributed by atoms with Gasteiger partial charge in [-0.3, -0.25) is 14.4 Å². The summed E-state index contributed by atoms with van der Waals surface area (Å²) in [6, 6.07) is 22.1. The first-order chi connectivity index (χ1) is 23.6. The molecule has 1 fully saturated rings. The number of hydrogen-bond donors (Lipinski definition) is 2. The van der Waals surface area contributed by atoms with E-state index in [-0.39, 0.29) is 42.6 Å². The van der Waals surface area contributed by atoms with Gasteiger partial charge in [0, 0.05) is 29.2 Å². The van der Waals surface area contributed by atoms with E-state index in [4.69, 9.17) is 14.6 Å². The van der Waals surface area contributed by atoms with Crippen LogP contribution in [0.4, 0.5) is 5.69 Å². The maximum absolute atomic E-state index is 13.8. The standard InChI is InChI=1S/C42H53NO6/c1-42(2,3)35-24-22-30(21-23-31(48-41(47)26-25-40(45)46)16-8-7-15-29-13-5-4-6-14-29)27-36(35)43-39(44)28-34-32-17-9-11-19-37(32)49-38-20-12-10-18-33(34)38/h9-12,17-20,22,24,27,29,31,34H,4-8,13-16,21,23,25-26,28H2,1-3H3,(H,43,44)(H,45,46). The molecule has 5 rings (SSSR count). The Balaban J connectivity index is 1.26. The number of benzene rings is 3.